The second-order valence-electron chi connectivity index (χ2n) is 7.47. The zero-order valence-electron chi connectivity index (χ0n) is 17.6. The lowest BCUT2D eigenvalue weighted by Crippen LogP contribution is -2.40. The number of benzene rings is 3. The molecule has 3 nitrogen and oxygen atoms in total. The fraction of sp³-hybridized carbons (Fsp3) is 0.269. The van der Waals surface area contributed by atoms with Gasteiger partial charge in [-0.1, -0.05) is 67.6 Å². The number of rotatable bonds is 7. The van der Waals surface area contributed by atoms with Gasteiger partial charge in [-0.3, -0.25) is 4.79 Å². The van der Waals surface area contributed by atoms with Gasteiger partial charge in [-0.25, -0.2) is 0 Å². The highest BCUT2D eigenvalue weighted by molar-refractivity contribution is 5.82. The van der Waals surface area contributed by atoms with E-state index in [1.54, 1.807) is 0 Å². The summed E-state index contributed by atoms with van der Waals surface area (Å²) < 4.78 is 6.05. The van der Waals surface area contributed by atoms with Crippen molar-refractivity contribution in [2.75, 3.05) is 0 Å². The van der Waals surface area contributed by atoms with Crippen LogP contribution in [0, 0.1) is 20.8 Å². The van der Waals surface area contributed by atoms with Crippen LogP contribution in [-0.2, 0) is 4.79 Å². The quantitative estimate of drug-likeness (QED) is 0.567. The molecule has 0 aromatic heterocycles. The smallest absolute Gasteiger partial charge is 0.261 e. The summed E-state index contributed by atoms with van der Waals surface area (Å²) in [5, 5.41) is 3.22. The van der Waals surface area contributed by atoms with Crippen LogP contribution in [0.15, 0.2) is 72.8 Å². The maximum Gasteiger partial charge on any atom is 0.261 e. The van der Waals surface area contributed by atoms with Gasteiger partial charge in [-0.05, 0) is 67.1 Å². The SMILES string of the molecule is CC[C@H](Oc1ccc(C)c(C)c1)C(=O)N[C@@H](c1ccccc1)c1ccccc1C. The Morgan fingerprint density at radius 3 is 2.21 bits per heavy atom. The minimum Gasteiger partial charge on any atom is -0.481 e. The normalized spacial score (nSPS) is 12.8. The number of ether oxygens (including phenoxy) is 1. The molecule has 0 saturated carbocycles. The Balaban J connectivity index is 1.85. The highest BCUT2D eigenvalue weighted by Gasteiger charge is 2.24. The van der Waals surface area contributed by atoms with Gasteiger partial charge in [0.15, 0.2) is 6.10 Å². The third-order valence-electron chi connectivity index (χ3n) is 5.34. The minimum absolute atomic E-state index is 0.108. The summed E-state index contributed by atoms with van der Waals surface area (Å²) in [6.45, 7) is 8.15. The van der Waals surface area contributed by atoms with Crippen molar-refractivity contribution in [3.05, 3.63) is 101 Å². The second kappa shape index (κ2) is 9.42. The highest BCUT2D eigenvalue weighted by atomic mass is 16.5. The van der Waals surface area contributed by atoms with Crippen LogP contribution in [0.1, 0.15) is 47.2 Å². The number of carbonyl (C=O) groups is 1. The van der Waals surface area contributed by atoms with Gasteiger partial charge in [0, 0.05) is 0 Å². The Hall–Kier alpha value is -3.07. The van der Waals surface area contributed by atoms with Gasteiger partial charge >= 0.3 is 0 Å². The number of carbonyl (C=O) groups excluding carboxylic acids is 1. The average molecular weight is 388 g/mol. The molecule has 0 unspecified atom stereocenters. The average Bonchev–Trinajstić information content (AvgIpc) is 2.74. The molecule has 3 heteroatoms. The van der Waals surface area contributed by atoms with Crippen molar-refractivity contribution in [3.63, 3.8) is 0 Å². The molecule has 0 fully saturated rings. The van der Waals surface area contributed by atoms with E-state index < -0.39 is 6.10 Å². The van der Waals surface area contributed by atoms with Crippen molar-refractivity contribution in [1.82, 2.24) is 5.32 Å². The fourth-order valence-corrected chi connectivity index (χ4v) is 3.41. The van der Waals surface area contributed by atoms with E-state index in [0.717, 1.165) is 28.0 Å². The lowest BCUT2D eigenvalue weighted by molar-refractivity contribution is -0.128. The Morgan fingerprint density at radius 1 is 0.862 bits per heavy atom. The molecule has 1 N–H and O–H groups in total. The van der Waals surface area contributed by atoms with E-state index in [9.17, 15) is 4.79 Å². The topological polar surface area (TPSA) is 38.3 Å². The van der Waals surface area contributed by atoms with Gasteiger partial charge in [0.2, 0.25) is 0 Å². The Bertz CT molecular complexity index is 965. The van der Waals surface area contributed by atoms with Crippen LogP contribution in [0.3, 0.4) is 0 Å². The summed E-state index contributed by atoms with van der Waals surface area (Å²) in [6, 6.07) is 23.9. The molecule has 150 valence electrons. The fourth-order valence-electron chi connectivity index (χ4n) is 3.41. The monoisotopic (exact) mass is 387 g/mol. The molecule has 0 radical (unpaired) electrons. The molecule has 0 aliphatic rings. The first-order valence-corrected chi connectivity index (χ1v) is 10.1. The molecule has 3 aromatic carbocycles. The van der Waals surface area contributed by atoms with Crippen molar-refractivity contribution in [1.29, 1.82) is 0 Å². The molecule has 3 aromatic rings. The van der Waals surface area contributed by atoms with E-state index >= 15 is 0 Å². The number of aryl methyl sites for hydroxylation is 3. The van der Waals surface area contributed by atoms with Crippen molar-refractivity contribution in [2.24, 2.45) is 0 Å². The van der Waals surface area contributed by atoms with Crippen LogP contribution in [0.25, 0.3) is 0 Å². The molecule has 3 rings (SSSR count). The third kappa shape index (κ3) is 5.05. The number of nitrogens with one attached hydrogen (secondary N) is 1. The first-order chi connectivity index (χ1) is 14.0. The van der Waals surface area contributed by atoms with Crippen LogP contribution >= 0.6 is 0 Å². The van der Waals surface area contributed by atoms with Crippen LogP contribution in [0.2, 0.25) is 0 Å². The standard InChI is InChI=1S/C26H29NO2/c1-5-24(29-22-16-15-18(2)20(4)17-22)26(28)27-25(21-12-7-6-8-13-21)23-14-10-9-11-19(23)3/h6-17,24-25H,5H2,1-4H3,(H,27,28)/t24-,25-/m0/s1. The highest BCUT2D eigenvalue weighted by Crippen LogP contribution is 2.26. The zero-order chi connectivity index (χ0) is 20.8. The van der Waals surface area contributed by atoms with Crippen molar-refractivity contribution >= 4 is 5.91 Å². The third-order valence-corrected chi connectivity index (χ3v) is 5.34. The van der Waals surface area contributed by atoms with E-state index in [1.165, 1.54) is 5.56 Å². The van der Waals surface area contributed by atoms with Gasteiger partial charge in [0.05, 0.1) is 6.04 Å². The predicted octanol–water partition coefficient (Wildman–Crippen LogP) is 5.68. The first-order valence-electron chi connectivity index (χ1n) is 10.1. The van der Waals surface area contributed by atoms with E-state index in [4.69, 9.17) is 4.74 Å². The Morgan fingerprint density at radius 2 is 1.55 bits per heavy atom. The van der Waals surface area contributed by atoms with Gasteiger partial charge in [-0.15, -0.1) is 0 Å². The van der Waals surface area contributed by atoms with Crippen LogP contribution < -0.4 is 10.1 Å². The molecule has 0 aliphatic carbocycles. The summed E-state index contributed by atoms with van der Waals surface area (Å²) in [5.74, 6) is 0.616. The molecular formula is C26H29NO2. The van der Waals surface area contributed by atoms with Crippen molar-refractivity contribution < 1.29 is 9.53 Å². The molecule has 0 aliphatic heterocycles. The molecule has 0 spiro atoms. The van der Waals surface area contributed by atoms with Gasteiger partial charge in [0.25, 0.3) is 5.91 Å². The van der Waals surface area contributed by atoms with Crippen molar-refractivity contribution in [2.45, 2.75) is 46.3 Å². The van der Waals surface area contributed by atoms with Gasteiger partial charge < -0.3 is 10.1 Å². The molecule has 0 saturated heterocycles. The van der Waals surface area contributed by atoms with E-state index in [0.29, 0.717) is 6.42 Å². The summed E-state index contributed by atoms with van der Waals surface area (Å²) in [7, 11) is 0. The molecule has 29 heavy (non-hydrogen) atoms. The van der Waals surface area contributed by atoms with Crippen molar-refractivity contribution in [3.8, 4) is 5.75 Å². The van der Waals surface area contributed by atoms with E-state index in [-0.39, 0.29) is 11.9 Å². The second-order valence-corrected chi connectivity index (χ2v) is 7.47. The zero-order valence-corrected chi connectivity index (χ0v) is 17.6. The number of hydrogen-bond acceptors (Lipinski definition) is 2. The summed E-state index contributed by atoms with van der Waals surface area (Å²) in [6.07, 6.45) is 0.0425. The summed E-state index contributed by atoms with van der Waals surface area (Å²) in [4.78, 5) is 13.2. The first kappa shape index (κ1) is 20.7. The molecular weight excluding hydrogens is 358 g/mol. The summed E-state index contributed by atoms with van der Waals surface area (Å²) >= 11 is 0. The molecule has 1 amide bonds. The maximum absolute atomic E-state index is 13.2. The molecule has 0 bridgehead atoms. The Kier molecular flexibility index (Phi) is 6.71. The predicted molar refractivity (Wildman–Crippen MR) is 118 cm³/mol. The summed E-state index contributed by atoms with van der Waals surface area (Å²) in [5.41, 5.74) is 5.65. The number of amides is 1. The van der Waals surface area contributed by atoms with E-state index in [2.05, 4.69) is 31.3 Å². The van der Waals surface area contributed by atoms with Gasteiger partial charge in [-0.2, -0.15) is 0 Å². The number of hydrogen-bond donors (Lipinski definition) is 1. The lowest BCUT2D eigenvalue weighted by Gasteiger charge is -2.25. The van der Waals surface area contributed by atoms with Crippen LogP contribution in [-0.4, -0.2) is 12.0 Å². The minimum atomic E-state index is -0.549. The largest absolute Gasteiger partial charge is 0.481 e. The van der Waals surface area contributed by atoms with E-state index in [1.807, 2.05) is 74.5 Å². The van der Waals surface area contributed by atoms with Crippen LogP contribution in [0.4, 0.5) is 0 Å². The van der Waals surface area contributed by atoms with Crippen LogP contribution in [0.5, 0.6) is 5.75 Å². The molecule has 0 heterocycles. The van der Waals surface area contributed by atoms with Gasteiger partial charge in [0.1, 0.15) is 5.75 Å². The molecule has 2 atom stereocenters. The maximum atomic E-state index is 13.2. The Labute approximate surface area is 173 Å². The lowest BCUT2D eigenvalue weighted by atomic mass is 9.94.